The molecule has 4 rings (SSSR count). The van der Waals surface area contributed by atoms with Crippen LogP contribution >= 0.6 is 0 Å². The molecule has 0 aromatic carbocycles. The predicted molar refractivity (Wildman–Crippen MR) is 106 cm³/mol. The van der Waals surface area contributed by atoms with E-state index in [0.29, 0.717) is 11.8 Å². The second kappa shape index (κ2) is 5.80. The Morgan fingerprint density at radius 3 is 2.54 bits per heavy atom. The first kappa shape index (κ1) is 18.5. The van der Waals surface area contributed by atoms with Gasteiger partial charge in [-0.25, -0.2) is 0 Å². The van der Waals surface area contributed by atoms with Crippen molar-refractivity contribution in [2.75, 3.05) is 0 Å². The summed E-state index contributed by atoms with van der Waals surface area (Å²) in [7, 11) is 0. The third kappa shape index (κ3) is 2.23. The summed E-state index contributed by atoms with van der Waals surface area (Å²) in [6.45, 7) is 11.6. The Hall–Kier alpha value is -0.890. The maximum Gasteiger partial charge on any atom is 0.123 e. The molecule has 0 aliphatic heterocycles. The first-order chi connectivity index (χ1) is 12.2. The fourth-order valence-electron chi connectivity index (χ4n) is 7.61. The highest BCUT2D eigenvalue weighted by atomic mass is 16.3. The first-order valence-electron chi connectivity index (χ1n) is 10.7. The van der Waals surface area contributed by atoms with E-state index in [1.807, 2.05) is 0 Å². The van der Waals surface area contributed by atoms with Crippen LogP contribution in [0.15, 0.2) is 22.8 Å². The predicted octanol–water partition coefficient (Wildman–Crippen LogP) is 5.46. The SMILES string of the molecule is C[C@H](C=O)[C@H]1CC=C2C3=C(CC[C@@]21C)[C@@]1(C)CC[C@H](O)C(C)(C)[C@@H]1CC3. The minimum atomic E-state index is -0.167. The van der Waals surface area contributed by atoms with Crippen molar-refractivity contribution in [3.63, 3.8) is 0 Å². The Balaban J connectivity index is 1.75. The summed E-state index contributed by atoms with van der Waals surface area (Å²) in [5, 5.41) is 10.6. The van der Waals surface area contributed by atoms with E-state index >= 15 is 0 Å². The smallest absolute Gasteiger partial charge is 0.123 e. The van der Waals surface area contributed by atoms with Crippen molar-refractivity contribution in [2.24, 2.45) is 34.0 Å². The van der Waals surface area contributed by atoms with Crippen molar-refractivity contribution in [2.45, 2.75) is 85.7 Å². The molecule has 0 aromatic rings. The number of aliphatic hydroxyl groups is 1. The van der Waals surface area contributed by atoms with Crippen LogP contribution in [0, 0.1) is 34.0 Å². The van der Waals surface area contributed by atoms with E-state index in [2.05, 4.69) is 40.7 Å². The van der Waals surface area contributed by atoms with Gasteiger partial charge in [0.15, 0.2) is 0 Å². The molecule has 0 radical (unpaired) electrons. The van der Waals surface area contributed by atoms with Gasteiger partial charge in [0, 0.05) is 5.92 Å². The largest absolute Gasteiger partial charge is 0.393 e. The average molecular weight is 357 g/mol. The number of aliphatic hydroxyl groups excluding tert-OH is 1. The molecule has 1 saturated carbocycles. The van der Waals surface area contributed by atoms with Gasteiger partial charge in [0.05, 0.1) is 6.10 Å². The molecule has 0 spiro atoms. The van der Waals surface area contributed by atoms with Crippen LogP contribution in [0.4, 0.5) is 0 Å². The Labute approximate surface area is 159 Å². The fourth-order valence-corrected chi connectivity index (χ4v) is 7.61. The molecule has 1 N–H and O–H groups in total. The van der Waals surface area contributed by atoms with Crippen LogP contribution in [0.3, 0.4) is 0 Å². The number of hydrogen-bond acceptors (Lipinski definition) is 2. The normalized spacial score (nSPS) is 45.3. The number of carbonyl (C=O) groups excluding carboxylic acids is 1. The average Bonchev–Trinajstić information content (AvgIpc) is 2.95. The third-order valence-corrected chi connectivity index (χ3v) is 9.28. The van der Waals surface area contributed by atoms with Crippen LogP contribution in [0.25, 0.3) is 0 Å². The molecular formula is C24H36O2. The molecule has 0 amide bonds. The Bertz CT molecular complexity index is 684. The standard InChI is InChI=1S/C24H36O2/c1-15(14-25)17-7-8-18-16-6-9-20-22(2,3)21(26)11-13-24(20,5)19(16)10-12-23(17,18)4/h8,14-15,17,20-21,26H,6-7,9-13H2,1-5H3/t15-,17-,20+,21+,23-,24-/m1/s1. The van der Waals surface area contributed by atoms with E-state index in [9.17, 15) is 9.90 Å². The van der Waals surface area contributed by atoms with Gasteiger partial charge in [-0.1, -0.05) is 46.3 Å². The number of allylic oxidation sites excluding steroid dienone is 4. The second-order valence-electron chi connectivity index (χ2n) is 10.7. The van der Waals surface area contributed by atoms with Gasteiger partial charge in [0.25, 0.3) is 0 Å². The molecule has 4 aliphatic rings. The van der Waals surface area contributed by atoms with Crippen LogP contribution in [0.5, 0.6) is 0 Å². The molecule has 6 atom stereocenters. The molecule has 0 unspecified atom stereocenters. The van der Waals surface area contributed by atoms with E-state index in [4.69, 9.17) is 0 Å². The van der Waals surface area contributed by atoms with Crippen LogP contribution in [-0.2, 0) is 4.79 Å². The van der Waals surface area contributed by atoms with Crippen molar-refractivity contribution in [1.82, 2.24) is 0 Å². The van der Waals surface area contributed by atoms with E-state index in [-0.39, 0.29) is 28.3 Å². The number of carbonyl (C=O) groups is 1. The van der Waals surface area contributed by atoms with Crippen LogP contribution in [0.1, 0.15) is 79.6 Å². The maximum atomic E-state index is 11.5. The van der Waals surface area contributed by atoms with Crippen LogP contribution < -0.4 is 0 Å². The van der Waals surface area contributed by atoms with E-state index in [1.54, 1.807) is 16.7 Å². The summed E-state index contributed by atoms with van der Waals surface area (Å²) in [6, 6.07) is 0. The van der Waals surface area contributed by atoms with E-state index in [1.165, 1.54) is 25.5 Å². The second-order valence-corrected chi connectivity index (χ2v) is 10.7. The Morgan fingerprint density at radius 1 is 1.12 bits per heavy atom. The van der Waals surface area contributed by atoms with Crippen LogP contribution in [-0.4, -0.2) is 17.5 Å². The third-order valence-electron chi connectivity index (χ3n) is 9.28. The van der Waals surface area contributed by atoms with Crippen molar-refractivity contribution in [1.29, 1.82) is 0 Å². The molecule has 0 saturated heterocycles. The van der Waals surface area contributed by atoms with Gasteiger partial charge in [-0.3, -0.25) is 0 Å². The Morgan fingerprint density at radius 2 is 1.85 bits per heavy atom. The zero-order valence-corrected chi connectivity index (χ0v) is 17.3. The summed E-state index contributed by atoms with van der Waals surface area (Å²) >= 11 is 0. The topological polar surface area (TPSA) is 37.3 Å². The van der Waals surface area contributed by atoms with E-state index in [0.717, 1.165) is 25.7 Å². The monoisotopic (exact) mass is 356 g/mol. The zero-order valence-electron chi connectivity index (χ0n) is 17.3. The molecule has 144 valence electrons. The lowest BCUT2D eigenvalue weighted by Crippen LogP contribution is -2.53. The molecule has 2 heteroatoms. The molecule has 4 aliphatic carbocycles. The van der Waals surface area contributed by atoms with E-state index < -0.39 is 0 Å². The van der Waals surface area contributed by atoms with Crippen LogP contribution in [0.2, 0.25) is 0 Å². The van der Waals surface area contributed by atoms with Gasteiger partial charge in [-0.05, 0) is 84.2 Å². The molecule has 0 aromatic heterocycles. The van der Waals surface area contributed by atoms with Gasteiger partial charge in [-0.15, -0.1) is 0 Å². The number of rotatable bonds is 2. The molecule has 1 fully saturated rings. The highest BCUT2D eigenvalue weighted by Gasteiger charge is 2.57. The zero-order chi connectivity index (χ0) is 18.9. The summed E-state index contributed by atoms with van der Waals surface area (Å²) in [6.07, 6.45) is 11.3. The lowest BCUT2D eigenvalue weighted by molar-refractivity contribution is -0.113. The number of aldehydes is 1. The molecule has 0 bridgehead atoms. The summed E-state index contributed by atoms with van der Waals surface area (Å²) < 4.78 is 0. The van der Waals surface area contributed by atoms with Gasteiger partial charge >= 0.3 is 0 Å². The minimum Gasteiger partial charge on any atom is -0.393 e. The van der Waals surface area contributed by atoms with Gasteiger partial charge in [0.2, 0.25) is 0 Å². The molecular weight excluding hydrogens is 320 g/mol. The first-order valence-corrected chi connectivity index (χ1v) is 10.7. The number of fused-ring (bicyclic) bond motifs is 4. The molecule has 0 heterocycles. The van der Waals surface area contributed by atoms with Crippen molar-refractivity contribution in [3.8, 4) is 0 Å². The highest BCUT2D eigenvalue weighted by molar-refractivity contribution is 5.57. The highest BCUT2D eigenvalue weighted by Crippen LogP contribution is 2.66. The summed E-state index contributed by atoms with van der Waals surface area (Å²) in [4.78, 5) is 11.5. The van der Waals surface area contributed by atoms with Crippen molar-refractivity contribution in [3.05, 3.63) is 22.8 Å². The quantitative estimate of drug-likeness (QED) is 0.667. The minimum absolute atomic E-state index is 0.00487. The van der Waals surface area contributed by atoms with Gasteiger partial charge in [-0.2, -0.15) is 0 Å². The molecule has 2 nitrogen and oxygen atoms in total. The maximum absolute atomic E-state index is 11.5. The lowest BCUT2D eigenvalue weighted by Gasteiger charge is -2.59. The summed E-state index contributed by atoms with van der Waals surface area (Å²) in [5.41, 5.74) is 5.37. The van der Waals surface area contributed by atoms with Gasteiger partial charge < -0.3 is 9.90 Å². The van der Waals surface area contributed by atoms with Gasteiger partial charge in [0.1, 0.15) is 6.29 Å². The molecule has 26 heavy (non-hydrogen) atoms. The summed E-state index contributed by atoms with van der Waals surface area (Å²) in [5.74, 6) is 1.19. The number of hydrogen-bond donors (Lipinski definition) is 1. The fraction of sp³-hybridized carbons (Fsp3) is 0.792. The van der Waals surface area contributed by atoms with Crippen molar-refractivity contribution < 1.29 is 9.90 Å². The Kier molecular flexibility index (Phi) is 4.12. The lowest BCUT2D eigenvalue weighted by atomic mass is 9.46. The van der Waals surface area contributed by atoms with Crippen molar-refractivity contribution >= 4 is 6.29 Å².